The zero-order chi connectivity index (χ0) is 24.2. The highest BCUT2D eigenvalue weighted by atomic mass is 32.2. The zero-order valence-corrected chi connectivity index (χ0v) is 19.5. The first kappa shape index (κ1) is 24.5. The van der Waals surface area contributed by atoms with Gasteiger partial charge >= 0.3 is 6.09 Å². The summed E-state index contributed by atoms with van der Waals surface area (Å²) in [6.07, 6.45) is 0.0342. The molecule has 3 rings (SSSR count). The number of carbonyl (C=O) groups excluding carboxylic acids is 1. The summed E-state index contributed by atoms with van der Waals surface area (Å²) in [4.78, 5) is 24.8. The molecular weight excluding hydrogens is 442 g/mol. The van der Waals surface area contributed by atoms with Crippen LogP contribution in [0, 0.1) is 11.8 Å². The Morgan fingerprint density at radius 2 is 1.76 bits per heavy atom. The highest BCUT2D eigenvalue weighted by molar-refractivity contribution is 7.89. The van der Waals surface area contributed by atoms with E-state index in [9.17, 15) is 23.1 Å². The molecule has 1 fully saturated rings. The van der Waals surface area contributed by atoms with Crippen LogP contribution >= 0.6 is 0 Å². The molecule has 2 N–H and O–H groups in total. The number of piperidine rings is 1. The Morgan fingerprint density at radius 3 is 2.33 bits per heavy atom. The van der Waals surface area contributed by atoms with E-state index in [1.54, 1.807) is 12.1 Å². The molecule has 0 aliphatic carbocycles. The third-order valence-electron chi connectivity index (χ3n) is 5.89. The molecule has 1 aliphatic heterocycles. The van der Waals surface area contributed by atoms with E-state index in [4.69, 9.17) is 0 Å². The zero-order valence-electron chi connectivity index (χ0n) is 18.7. The number of carboxylic acid groups (broad SMARTS) is 1. The fraction of sp³-hybridized carbons (Fsp3) is 0.333. The second-order valence-corrected chi connectivity index (χ2v) is 10.3. The SMILES string of the molecule is C=CC(=O)NC1C(C)CN(S(=O)(=O)c2cccc(N(Cc3ccccc3)C(=O)O)c2)CC1C. The van der Waals surface area contributed by atoms with Crippen molar-refractivity contribution in [3.8, 4) is 0 Å². The molecular formula is C24H29N3O5S. The normalized spacial score (nSPS) is 21.2. The van der Waals surface area contributed by atoms with Gasteiger partial charge in [-0.1, -0.05) is 56.8 Å². The van der Waals surface area contributed by atoms with Gasteiger partial charge in [0.05, 0.1) is 11.4 Å². The third-order valence-corrected chi connectivity index (χ3v) is 7.71. The molecule has 1 aliphatic rings. The number of carbonyl (C=O) groups is 2. The first-order valence-corrected chi connectivity index (χ1v) is 12.1. The Balaban J connectivity index is 1.84. The Bertz CT molecular complexity index is 1110. The lowest BCUT2D eigenvalue weighted by Crippen LogP contribution is -2.55. The number of rotatable bonds is 7. The van der Waals surface area contributed by atoms with Crippen LogP contribution in [0.4, 0.5) is 10.5 Å². The number of sulfonamides is 1. The number of anilines is 1. The van der Waals surface area contributed by atoms with Crippen LogP contribution in [-0.2, 0) is 21.4 Å². The molecule has 2 unspecified atom stereocenters. The molecule has 2 aromatic rings. The van der Waals surface area contributed by atoms with Gasteiger partial charge in [0.2, 0.25) is 15.9 Å². The largest absolute Gasteiger partial charge is 0.465 e. The van der Waals surface area contributed by atoms with E-state index in [2.05, 4.69) is 11.9 Å². The topological polar surface area (TPSA) is 107 Å². The van der Waals surface area contributed by atoms with Crippen LogP contribution in [0.1, 0.15) is 19.4 Å². The van der Waals surface area contributed by atoms with Crippen molar-refractivity contribution in [2.75, 3.05) is 18.0 Å². The average Bonchev–Trinajstić information content (AvgIpc) is 2.80. The minimum absolute atomic E-state index is 0.0345. The van der Waals surface area contributed by atoms with Crippen molar-refractivity contribution in [3.63, 3.8) is 0 Å². The van der Waals surface area contributed by atoms with Crippen molar-refractivity contribution >= 4 is 27.7 Å². The summed E-state index contributed by atoms with van der Waals surface area (Å²) >= 11 is 0. The Morgan fingerprint density at radius 1 is 1.12 bits per heavy atom. The van der Waals surface area contributed by atoms with Crippen molar-refractivity contribution in [2.24, 2.45) is 11.8 Å². The quantitative estimate of drug-likeness (QED) is 0.603. The van der Waals surface area contributed by atoms with Gasteiger partial charge in [0.1, 0.15) is 0 Å². The van der Waals surface area contributed by atoms with Crippen LogP contribution in [0.3, 0.4) is 0 Å². The average molecular weight is 472 g/mol. The fourth-order valence-corrected chi connectivity index (χ4v) is 5.89. The van der Waals surface area contributed by atoms with E-state index in [0.717, 1.165) is 10.5 Å². The number of hydrogen-bond donors (Lipinski definition) is 2. The van der Waals surface area contributed by atoms with Gasteiger partial charge in [0.15, 0.2) is 0 Å². The maximum absolute atomic E-state index is 13.4. The smallest absolute Gasteiger partial charge is 0.412 e. The predicted molar refractivity (Wildman–Crippen MR) is 126 cm³/mol. The Kier molecular flexibility index (Phi) is 7.55. The molecule has 0 bridgehead atoms. The van der Waals surface area contributed by atoms with E-state index in [0.29, 0.717) is 0 Å². The van der Waals surface area contributed by atoms with Crippen molar-refractivity contribution in [2.45, 2.75) is 31.3 Å². The summed E-state index contributed by atoms with van der Waals surface area (Å²) in [7, 11) is -3.86. The summed E-state index contributed by atoms with van der Waals surface area (Å²) in [5.74, 6) is -0.497. The lowest BCUT2D eigenvalue weighted by Gasteiger charge is -2.40. The van der Waals surface area contributed by atoms with E-state index in [1.807, 2.05) is 44.2 Å². The van der Waals surface area contributed by atoms with Crippen molar-refractivity contribution in [1.82, 2.24) is 9.62 Å². The van der Waals surface area contributed by atoms with Crippen molar-refractivity contribution in [3.05, 3.63) is 72.8 Å². The van der Waals surface area contributed by atoms with Crippen LogP contribution in [0.25, 0.3) is 0 Å². The molecule has 0 radical (unpaired) electrons. The molecule has 0 spiro atoms. The van der Waals surface area contributed by atoms with Gasteiger partial charge in [0.25, 0.3) is 0 Å². The molecule has 1 saturated heterocycles. The van der Waals surface area contributed by atoms with Gasteiger partial charge in [-0.25, -0.2) is 13.2 Å². The third kappa shape index (κ3) is 5.61. The van der Waals surface area contributed by atoms with Crippen molar-refractivity contribution in [1.29, 1.82) is 0 Å². The van der Waals surface area contributed by atoms with Gasteiger partial charge < -0.3 is 10.4 Å². The maximum Gasteiger partial charge on any atom is 0.412 e. The first-order valence-electron chi connectivity index (χ1n) is 10.7. The van der Waals surface area contributed by atoms with E-state index >= 15 is 0 Å². The molecule has 176 valence electrons. The van der Waals surface area contributed by atoms with Gasteiger partial charge in [-0.05, 0) is 41.7 Å². The summed E-state index contributed by atoms with van der Waals surface area (Å²) in [5.41, 5.74) is 1.07. The number of amides is 2. The summed E-state index contributed by atoms with van der Waals surface area (Å²) in [6, 6.07) is 14.9. The standard InChI is InChI=1S/C24H29N3O5S/c1-4-22(28)25-23-17(2)14-26(15-18(23)3)33(31,32)21-12-8-11-20(13-21)27(24(29)30)16-19-9-6-5-7-10-19/h4-13,17-18,23H,1,14-16H2,2-3H3,(H,25,28)(H,29,30). The summed E-state index contributed by atoms with van der Waals surface area (Å²) in [6.45, 7) is 7.84. The molecule has 0 aromatic heterocycles. The van der Waals surface area contributed by atoms with Crippen LogP contribution in [0.2, 0.25) is 0 Å². The maximum atomic E-state index is 13.4. The first-order chi connectivity index (χ1) is 15.6. The summed E-state index contributed by atoms with van der Waals surface area (Å²) < 4.78 is 28.2. The number of hydrogen-bond acceptors (Lipinski definition) is 4. The highest BCUT2D eigenvalue weighted by Crippen LogP contribution is 2.29. The Labute approximate surface area is 194 Å². The van der Waals surface area contributed by atoms with E-state index in [1.165, 1.54) is 22.5 Å². The van der Waals surface area contributed by atoms with Gasteiger partial charge in [-0.3, -0.25) is 9.69 Å². The van der Waals surface area contributed by atoms with Crippen LogP contribution in [0.5, 0.6) is 0 Å². The van der Waals surface area contributed by atoms with Crippen LogP contribution in [-0.4, -0.2) is 49.0 Å². The molecule has 0 saturated carbocycles. The number of nitrogens with one attached hydrogen (secondary N) is 1. The molecule has 2 amide bonds. The summed E-state index contributed by atoms with van der Waals surface area (Å²) in [5, 5.41) is 12.6. The van der Waals surface area contributed by atoms with Crippen molar-refractivity contribution < 1.29 is 23.1 Å². The monoisotopic (exact) mass is 471 g/mol. The molecule has 2 atom stereocenters. The number of nitrogens with zero attached hydrogens (tertiary/aromatic N) is 2. The lowest BCUT2D eigenvalue weighted by molar-refractivity contribution is -0.118. The van der Waals surface area contributed by atoms with E-state index < -0.39 is 16.1 Å². The minimum atomic E-state index is -3.86. The molecule has 8 nitrogen and oxygen atoms in total. The Hall–Kier alpha value is -3.17. The second-order valence-electron chi connectivity index (χ2n) is 8.37. The van der Waals surface area contributed by atoms with E-state index in [-0.39, 0.29) is 54.0 Å². The second kappa shape index (κ2) is 10.2. The lowest BCUT2D eigenvalue weighted by atomic mass is 9.87. The van der Waals surface area contributed by atoms with Gasteiger partial charge in [-0.15, -0.1) is 0 Å². The minimum Gasteiger partial charge on any atom is -0.465 e. The molecule has 9 heteroatoms. The predicted octanol–water partition coefficient (Wildman–Crippen LogP) is 3.32. The number of benzene rings is 2. The molecule has 33 heavy (non-hydrogen) atoms. The van der Waals surface area contributed by atoms with Gasteiger partial charge in [-0.2, -0.15) is 4.31 Å². The highest BCUT2D eigenvalue weighted by Gasteiger charge is 2.38. The van der Waals surface area contributed by atoms with Gasteiger partial charge in [0, 0.05) is 24.8 Å². The van der Waals surface area contributed by atoms with Crippen LogP contribution in [0.15, 0.2) is 72.1 Å². The molecule has 1 heterocycles. The fourth-order valence-electron chi connectivity index (χ4n) is 4.21. The molecule has 2 aromatic carbocycles. The van der Waals surface area contributed by atoms with Crippen LogP contribution < -0.4 is 10.2 Å².